The molecule has 7 heteroatoms. The fraction of sp³-hybridized carbons (Fsp3) is 0.280. The molecule has 32 heavy (non-hydrogen) atoms. The lowest BCUT2D eigenvalue weighted by atomic mass is 9.94. The van der Waals surface area contributed by atoms with Crippen molar-refractivity contribution in [2.24, 2.45) is 5.92 Å². The van der Waals surface area contributed by atoms with E-state index < -0.39 is 11.7 Å². The smallest absolute Gasteiger partial charge is 0.295 e. The minimum Gasteiger partial charge on any atom is -0.360 e. The molecule has 1 N–H and O–H groups in total. The van der Waals surface area contributed by atoms with Crippen LogP contribution >= 0.6 is 0 Å². The van der Waals surface area contributed by atoms with Crippen molar-refractivity contribution in [2.75, 3.05) is 13.1 Å². The van der Waals surface area contributed by atoms with Crippen LogP contribution in [0, 0.1) is 12.8 Å². The van der Waals surface area contributed by atoms with Crippen molar-refractivity contribution in [3.63, 3.8) is 0 Å². The summed E-state index contributed by atoms with van der Waals surface area (Å²) < 4.78 is 5.49. The lowest BCUT2D eigenvalue weighted by Crippen LogP contribution is -2.43. The van der Waals surface area contributed by atoms with Gasteiger partial charge in [0.2, 0.25) is 11.7 Å². The summed E-state index contributed by atoms with van der Waals surface area (Å²) in [4.78, 5) is 35.2. The average molecular weight is 428 g/mol. The number of nitrogens with zero attached hydrogens (tertiary/aromatic N) is 3. The number of piperidine rings is 1. The van der Waals surface area contributed by atoms with Crippen LogP contribution in [0.2, 0.25) is 0 Å². The number of para-hydroxylation sites is 1. The second-order valence-electron chi connectivity index (χ2n) is 8.37. The predicted octanol–water partition coefficient (Wildman–Crippen LogP) is 4.19. The third kappa shape index (κ3) is 3.82. The van der Waals surface area contributed by atoms with Crippen molar-refractivity contribution in [1.29, 1.82) is 0 Å². The number of aromatic amines is 1. The molecule has 3 heterocycles. The molecule has 0 aliphatic carbocycles. The fourth-order valence-corrected chi connectivity index (χ4v) is 4.45. The lowest BCUT2D eigenvalue weighted by molar-refractivity contribution is -0.128. The van der Waals surface area contributed by atoms with E-state index in [1.807, 2.05) is 55.5 Å². The van der Waals surface area contributed by atoms with Crippen molar-refractivity contribution in [1.82, 2.24) is 20.0 Å². The first-order valence-corrected chi connectivity index (χ1v) is 10.9. The van der Waals surface area contributed by atoms with Crippen LogP contribution in [-0.2, 0) is 11.2 Å². The summed E-state index contributed by atoms with van der Waals surface area (Å²) in [6, 6.07) is 15.4. The molecule has 162 valence electrons. The van der Waals surface area contributed by atoms with Crippen LogP contribution in [0.15, 0.2) is 59.3 Å². The van der Waals surface area contributed by atoms with Crippen molar-refractivity contribution >= 4 is 22.6 Å². The maximum absolute atomic E-state index is 13.0. The summed E-state index contributed by atoms with van der Waals surface area (Å²) in [6.45, 7) is 3.11. The van der Waals surface area contributed by atoms with E-state index in [0.29, 0.717) is 36.8 Å². The Hall–Kier alpha value is -3.74. The van der Waals surface area contributed by atoms with Crippen LogP contribution in [-0.4, -0.2) is 44.8 Å². The molecule has 4 aromatic rings. The van der Waals surface area contributed by atoms with Crippen molar-refractivity contribution in [3.8, 4) is 11.4 Å². The van der Waals surface area contributed by atoms with Crippen LogP contribution in [0.3, 0.4) is 0 Å². The van der Waals surface area contributed by atoms with Gasteiger partial charge in [-0.25, -0.2) is 0 Å². The Morgan fingerprint density at radius 1 is 1.16 bits per heavy atom. The summed E-state index contributed by atoms with van der Waals surface area (Å²) in [5.74, 6) is 0.392. The highest BCUT2D eigenvalue weighted by Crippen LogP contribution is 2.25. The van der Waals surface area contributed by atoms with E-state index in [1.54, 1.807) is 11.1 Å². The van der Waals surface area contributed by atoms with Gasteiger partial charge in [-0.1, -0.05) is 47.6 Å². The molecule has 0 bridgehead atoms. The SMILES string of the molecule is Cc1ccccc1-c1noc(CC2CCCN(C(=O)C(=O)c3c[nH]c4ccccc34)C2)n1. The quantitative estimate of drug-likeness (QED) is 0.380. The number of ketones is 1. The Kier molecular flexibility index (Phi) is 5.31. The second-order valence-corrected chi connectivity index (χ2v) is 8.37. The number of fused-ring (bicyclic) bond motifs is 1. The van der Waals surface area contributed by atoms with Gasteiger partial charge in [0.25, 0.3) is 11.7 Å². The molecule has 1 atom stereocenters. The molecule has 1 amide bonds. The number of aromatic nitrogens is 3. The van der Waals surface area contributed by atoms with Gasteiger partial charge >= 0.3 is 0 Å². The van der Waals surface area contributed by atoms with E-state index in [-0.39, 0.29) is 5.92 Å². The van der Waals surface area contributed by atoms with Gasteiger partial charge in [0.1, 0.15) is 0 Å². The predicted molar refractivity (Wildman–Crippen MR) is 120 cm³/mol. The highest BCUT2D eigenvalue weighted by molar-refractivity contribution is 6.44. The molecular weight excluding hydrogens is 404 g/mol. The number of carbonyl (C=O) groups excluding carboxylic acids is 2. The number of H-pyrrole nitrogens is 1. The van der Waals surface area contributed by atoms with E-state index in [2.05, 4.69) is 15.1 Å². The van der Waals surface area contributed by atoms with Crippen LogP contribution in [0.1, 0.15) is 34.7 Å². The monoisotopic (exact) mass is 428 g/mol. The normalized spacial score (nSPS) is 16.4. The van der Waals surface area contributed by atoms with Crippen LogP contribution in [0.5, 0.6) is 0 Å². The van der Waals surface area contributed by atoms with Crippen LogP contribution < -0.4 is 0 Å². The molecule has 2 aromatic carbocycles. The van der Waals surface area contributed by atoms with Crippen molar-refractivity contribution in [3.05, 3.63) is 71.7 Å². The van der Waals surface area contributed by atoms with Gasteiger partial charge in [0.15, 0.2) is 0 Å². The largest absolute Gasteiger partial charge is 0.360 e. The Morgan fingerprint density at radius 3 is 2.84 bits per heavy atom. The highest BCUT2D eigenvalue weighted by Gasteiger charge is 2.30. The number of benzene rings is 2. The summed E-state index contributed by atoms with van der Waals surface area (Å²) in [5.41, 5.74) is 3.31. The van der Waals surface area contributed by atoms with Gasteiger partial charge in [0.05, 0.1) is 5.56 Å². The molecule has 0 spiro atoms. The third-order valence-corrected chi connectivity index (χ3v) is 6.15. The third-order valence-electron chi connectivity index (χ3n) is 6.15. The van der Waals surface area contributed by atoms with Crippen molar-refractivity contribution in [2.45, 2.75) is 26.2 Å². The van der Waals surface area contributed by atoms with Gasteiger partial charge in [-0.3, -0.25) is 9.59 Å². The molecule has 1 aliphatic rings. The van der Waals surface area contributed by atoms with Crippen LogP contribution in [0.4, 0.5) is 0 Å². The standard InChI is InChI=1S/C25H24N4O3/c1-16-7-2-3-9-18(16)24-27-22(32-28-24)13-17-8-6-12-29(15-17)25(31)23(30)20-14-26-21-11-5-4-10-19(20)21/h2-5,7,9-11,14,17,26H,6,8,12-13,15H2,1H3. The van der Waals surface area contributed by atoms with Crippen molar-refractivity contribution < 1.29 is 14.1 Å². The number of likely N-dealkylation sites (tertiary alicyclic amines) is 1. The van der Waals surface area contributed by atoms with Gasteiger partial charge in [0, 0.05) is 42.2 Å². The number of hydrogen-bond acceptors (Lipinski definition) is 5. The molecule has 1 fully saturated rings. The van der Waals surface area contributed by atoms with Crippen LogP contribution in [0.25, 0.3) is 22.3 Å². The zero-order valence-electron chi connectivity index (χ0n) is 17.9. The first kappa shape index (κ1) is 20.2. The lowest BCUT2D eigenvalue weighted by Gasteiger charge is -2.31. The summed E-state index contributed by atoms with van der Waals surface area (Å²) in [7, 11) is 0. The Labute approximate surface area is 185 Å². The van der Waals surface area contributed by atoms with E-state index in [9.17, 15) is 9.59 Å². The Balaban J connectivity index is 1.27. The topological polar surface area (TPSA) is 92.1 Å². The first-order chi connectivity index (χ1) is 15.6. The zero-order chi connectivity index (χ0) is 22.1. The molecule has 0 saturated carbocycles. The molecular formula is C25H24N4O3. The van der Waals surface area contributed by atoms with Gasteiger partial charge in [-0.15, -0.1) is 0 Å². The Morgan fingerprint density at radius 2 is 1.97 bits per heavy atom. The van der Waals surface area contributed by atoms with Gasteiger partial charge in [-0.2, -0.15) is 4.98 Å². The second kappa shape index (κ2) is 8.42. The van der Waals surface area contributed by atoms with E-state index >= 15 is 0 Å². The maximum Gasteiger partial charge on any atom is 0.295 e. The molecule has 5 rings (SSSR count). The minimum absolute atomic E-state index is 0.175. The van der Waals surface area contributed by atoms with Gasteiger partial charge in [-0.05, 0) is 37.3 Å². The fourth-order valence-electron chi connectivity index (χ4n) is 4.45. The Bertz CT molecular complexity index is 1290. The number of nitrogens with one attached hydrogen (secondary N) is 1. The number of carbonyl (C=O) groups is 2. The minimum atomic E-state index is -0.470. The maximum atomic E-state index is 13.0. The number of rotatable bonds is 5. The number of aryl methyl sites for hydroxylation is 1. The first-order valence-electron chi connectivity index (χ1n) is 10.9. The van der Waals surface area contributed by atoms with E-state index in [1.165, 1.54) is 0 Å². The molecule has 1 saturated heterocycles. The average Bonchev–Trinajstić information content (AvgIpc) is 3.46. The number of hydrogen-bond donors (Lipinski definition) is 1. The summed E-state index contributed by atoms with van der Waals surface area (Å²) in [6.07, 6.45) is 4.01. The summed E-state index contributed by atoms with van der Waals surface area (Å²) in [5, 5.41) is 4.91. The molecule has 1 aliphatic heterocycles. The van der Waals surface area contributed by atoms with Gasteiger partial charge < -0.3 is 14.4 Å². The number of amides is 1. The van der Waals surface area contributed by atoms with E-state index in [0.717, 1.165) is 34.9 Å². The number of Topliss-reactive ketones (excluding diaryl/α,β-unsaturated/α-hetero) is 1. The highest BCUT2D eigenvalue weighted by atomic mass is 16.5. The summed E-state index contributed by atoms with van der Waals surface area (Å²) >= 11 is 0. The zero-order valence-corrected chi connectivity index (χ0v) is 17.9. The molecule has 0 radical (unpaired) electrons. The molecule has 1 unspecified atom stereocenters. The molecule has 7 nitrogen and oxygen atoms in total. The van der Waals surface area contributed by atoms with E-state index in [4.69, 9.17) is 4.52 Å². The molecule has 2 aromatic heterocycles.